The Kier molecular flexibility index (Phi) is 12.3. The van der Waals surface area contributed by atoms with Crippen LogP contribution < -0.4 is 0 Å². The molecule has 0 fully saturated rings. The van der Waals surface area contributed by atoms with Crippen molar-refractivity contribution in [1.82, 2.24) is 0 Å². The molecule has 7 heteroatoms. The molecule has 0 atom stereocenters. The maximum Gasteiger partial charge on any atom is 0.335 e. The van der Waals surface area contributed by atoms with Crippen LogP contribution in [0.2, 0.25) is 0 Å². The fourth-order valence-corrected chi connectivity index (χ4v) is 5.50. The number of hydrogen-bond donors (Lipinski definition) is 4. The van der Waals surface area contributed by atoms with Crippen LogP contribution in [0.4, 0.5) is 0 Å². The lowest BCUT2D eigenvalue weighted by molar-refractivity contribution is 0.0686. The topological polar surface area (TPSA) is 132 Å². The predicted octanol–water partition coefficient (Wildman–Crippen LogP) is 10.5. The van der Waals surface area contributed by atoms with Crippen molar-refractivity contribution in [1.29, 1.82) is 0 Å². The van der Waals surface area contributed by atoms with Gasteiger partial charge in [-0.15, -0.1) is 12.8 Å². The summed E-state index contributed by atoms with van der Waals surface area (Å²) in [6.45, 7) is 7.55. The Bertz CT molecular complexity index is 1930. The number of aliphatic hydroxyl groups is 1. The third-order valence-electron chi connectivity index (χ3n) is 8.10. The van der Waals surface area contributed by atoms with Gasteiger partial charge in [0.2, 0.25) is 0 Å². The zero-order valence-electron chi connectivity index (χ0n) is 28.6. The summed E-state index contributed by atoms with van der Waals surface area (Å²) in [4.78, 5) is 32.9. The summed E-state index contributed by atoms with van der Waals surface area (Å²) in [6.07, 6.45) is 8.00. The van der Waals surface area contributed by atoms with Crippen LogP contribution in [0.15, 0.2) is 140 Å². The van der Waals surface area contributed by atoms with E-state index >= 15 is 0 Å². The second kappa shape index (κ2) is 17.0. The molecule has 0 spiro atoms. The van der Waals surface area contributed by atoms with Gasteiger partial charge in [0.05, 0.1) is 16.7 Å². The van der Waals surface area contributed by atoms with Crippen molar-refractivity contribution in [3.8, 4) is 57.4 Å². The number of carboxylic acids is 3. The van der Waals surface area contributed by atoms with E-state index in [1.807, 2.05) is 68.4 Å². The van der Waals surface area contributed by atoms with E-state index in [-0.39, 0.29) is 22.4 Å². The van der Waals surface area contributed by atoms with Crippen LogP contribution in [-0.2, 0) is 0 Å². The largest absolute Gasteiger partial charge is 0.508 e. The highest BCUT2D eigenvalue weighted by Gasteiger charge is 2.09. The van der Waals surface area contributed by atoms with Gasteiger partial charge in [0.1, 0.15) is 5.76 Å². The number of rotatable bonds is 8. The molecule has 6 aromatic carbocycles. The fourth-order valence-electron chi connectivity index (χ4n) is 5.50. The highest BCUT2D eigenvalue weighted by molar-refractivity contribution is 5.90. The maximum absolute atomic E-state index is 11.0. The van der Waals surface area contributed by atoms with Gasteiger partial charge in [-0.25, -0.2) is 14.4 Å². The van der Waals surface area contributed by atoms with E-state index in [9.17, 15) is 19.5 Å². The van der Waals surface area contributed by atoms with Gasteiger partial charge in [-0.2, -0.15) is 0 Å². The van der Waals surface area contributed by atoms with E-state index in [2.05, 4.69) is 37.6 Å². The SMILES string of the molecule is C#C.C=C(O)c1ccc(-c2cc(C)cc(-c3ccc(C(=O)O)cc3)c2)cc1.Cc1cc(-c2ccc(C(=O)O)cc2)cc(-c2ccc(C(=O)O)cc2)c1. The first-order valence-electron chi connectivity index (χ1n) is 15.9. The second-order valence-electron chi connectivity index (χ2n) is 11.8. The van der Waals surface area contributed by atoms with Crippen molar-refractivity contribution in [3.63, 3.8) is 0 Å². The Morgan fingerprint density at radius 3 is 0.788 bits per heavy atom. The zero-order valence-corrected chi connectivity index (χ0v) is 28.6. The summed E-state index contributed by atoms with van der Waals surface area (Å²) >= 11 is 0. The summed E-state index contributed by atoms with van der Waals surface area (Å²) < 4.78 is 0. The molecule has 0 aromatic heterocycles. The van der Waals surface area contributed by atoms with E-state index in [1.54, 1.807) is 60.7 Å². The smallest absolute Gasteiger partial charge is 0.335 e. The van der Waals surface area contributed by atoms with Gasteiger partial charge in [0, 0.05) is 5.56 Å². The Hall–Kier alpha value is -7.17. The molecule has 0 saturated carbocycles. The van der Waals surface area contributed by atoms with Crippen LogP contribution in [0, 0.1) is 26.7 Å². The number of benzene rings is 6. The highest BCUT2D eigenvalue weighted by Crippen LogP contribution is 2.30. The van der Waals surface area contributed by atoms with Gasteiger partial charge in [0.25, 0.3) is 0 Å². The molecule has 0 unspecified atom stereocenters. The first-order chi connectivity index (χ1) is 24.9. The molecule has 6 aromatic rings. The fraction of sp³-hybridized carbons (Fsp3) is 0.0444. The third kappa shape index (κ3) is 9.50. The van der Waals surface area contributed by atoms with Crippen molar-refractivity contribution in [3.05, 3.63) is 173 Å². The Balaban J connectivity index is 0.000000222. The van der Waals surface area contributed by atoms with Crippen molar-refractivity contribution in [2.24, 2.45) is 0 Å². The molecule has 52 heavy (non-hydrogen) atoms. The molecule has 0 aliphatic rings. The molecule has 0 bridgehead atoms. The quantitative estimate of drug-likeness (QED) is 0.0924. The number of aromatic carboxylic acids is 3. The lowest BCUT2D eigenvalue weighted by Gasteiger charge is -2.09. The summed E-state index contributed by atoms with van der Waals surface area (Å²) in [5.41, 5.74) is 11.6. The molecule has 258 valence electrons. The number of carboxylic acid groups (broad SMARTS) is 3. The van der Waals surface area contributed by atoms with Crippen molar-refractivity contribution < 1.29 is 34.8 Å². The van der Waals surface area contributed by atoms with E-state index in [4.69, 9.17) is 15.3 Å². The van der Waals surface area contributed by atoms with Crippen LogP contribution in [0.3, 0.4) is 0 Å². The van der Waals surface area contributed by atoms with Crippen LogP contribution in [-0.4, -0.2) is 38.3 Å². The van der Waals surface area contributed by atoms with Gasteiger partial charge < -0.3 is 20.4 Å². The number of aliphatic hydroxyl groups excluding tert-OH is 1. The average molecular weight is 689 g/mol. The van der Waals surface area contributed by atoms with E-state index in [0.717, 1.165) is 55.6 Å². The number of aryl methyl sites for hydroxylation is 2. The van der Waals surface area contributed by atoms with E-state index in [0.29, 0.717) is 5.56 Å². The van der Waals surface area contributed by atoms with E-state index in [1.165, 1.54) is 0 Å². The summed E-state index contributed by atoms with van der Waals surface area (Å²) in [7, 11) is 0. The maximum atomic E-state index is 11.0. The second-order valence-corrected chi connectivity index (χ2v) is 11.8. The lowest BCUT2D eigenvalue weighted by Crippen LogP contribution is -1.95. The minimum Gasteiger partial charge on any atom is -0.508 e. The Morgan fingerprint density at radius 2 is 0.596 bits per heavy atom. The van der Waals surface area contributed by atoms with E-state index < -0.39 is 17.9 Å². The minimum absolute atomic E-state index is 0.0509. The zero-order chi connectivity index (χ0) is 37.9. The first-order valence-corrected chi connectivity index (χ1v) is 15.9. The molecular weight excluding hydrogens is 652 g/mol. The molecule has 4 N–H and O–H groups in total. The molecule has 0 aliphatic heterocycles. The summed E-state index contributed by atoms with van der Waals surface area (Å²) in [6, 6.07) is 40.2. The number of hydrogen-bond acceptors (Lipinski definition) is 4. The van der Waals surface area contributed by atoms with Gasteiger partial charge in [-0.05, 0) is 118 Å². The van der Waals surface area contributed by atoms with Gasteiger partial charge in [-0.3, -0.25) is 0 Å². The first kappa shape index (κ1) is 37.6. The number of terminal acetylenes is 1. The molecule has 6 rings (SSSR count). The van der Waals surface area contributed by atoms with Crippen LogP contribution in [0.25, 0.3) is 50.3 Å². The molecule has 0 radical (unpaired) electrons. The predicted molar refractivity (Wildman–Crippen MR) is 207 cm³/mol. The van der Waals surface area contributed by atoms with Crippen LogP contribution >= 0.6 is 0 Å². The molecular formula is C45H36O7. The summed E-state index contributed by atoms with van der Waals surface area (Å²) in [5.74, 6) is -2.78. The van der Waals surface area contributed by atoms with Gasteiger partial charge >= 0.3 is 17.9 Å². The lowest BCUT2D eigenvalue weighted by atomic mass is 9.95. The average Bonchev–Trinajstić information content (AvgIpc) is 3.15. The minimum atomic E-state index is -0.949. The van der Waals surface area contributed by atoms with Crippen molar-refractivity contribution in [2.45, 2.75) is 13.8 Å². The monoisotopic (exact) mass is 688 g/mol. The van der Waals surface area contributed by atoms with Crippen LogP contribution in [0.1, 0.15) is 47.8 Å². The Labute approximate surface area is 302 Å². The van der Waals surface area contributed by atoms with Gasteiger partial charge in [-0.1, -0.05) is 91.5 Å². The standard InChI is InChI=1S/C22H18O3.C21H16O4.C2H2/c1-14-11-20(17-5-3-16(4-6-17)15(2)23)13-21(12-14)18-7-9-19(10-8-18)22(24)25;1-13-10-18(14-2-6-16(7-3-14)20(22)23)12-19(11-13)15-4-8-17(9-5-15)21(24)25;1-2/h3-13,23H,2H2,1H3,(H,24,25);2-12H,1H3,(H,22,23)(H,24,25);1-2H. The molecule has 0 heterocycles. The highest BCUT2D eigenvalue weighted by atomic mass is 16.4. The van der Waals surface area contributed by atoms with Crippen LogP contribution in [0.5, 0.6) is 0 Å². The number of carbonyl (C=O) groups is 3. The Morgan fingerprint density at radius 1 is 0.385 bits per heavy atom. The normalized spacial score (nSPS) is 10.1. The van der Waals surface area contributed by atoms with Gasteiger partial charge in [0.15, 0.2) is 0 Å². The van der Waals surface area contributed by atoms with Crippen molar-refractivity contribution in [2.75, 3.05) is 0 Å². The summed E-state index contributed by atoms with van der Waals surface area (Å²) in [5, 5.41) is 36.5. The molecule has 7 nitrogen and oxygen atoms in total. The molecule has 0 amide bonds. The molecule has 0 aliphatic carbocycles. The van der Waals surface area contributed by atoms with Crippen molar-refractivity contribution >= 4 is 23.7 Å². The third-order valence-corrected chi connectivity index (χ3v) is 8.10. The molecule has 0 saturated heterocycles.